The molecule has 0 aromatic rings. The minimum Gasteiger partial charge on any atom is -0.317 e. The van der Waals surface area contributed by atoms with Crippen molar-refractivity contribution in [3.8, 4) is 0 Å². The third-order valence-corrected chi connectivity index (χ3v) is 6.57. The Kier molecular flexibility index (Phi) is 10.5. The molecule has 0 aromatic carbocycles. The van der Waals surface area contributed by atoms with Crippen molar-refractivity contribution < 1.29 is 0 Å². The van der Waals surface area contributed by atoms with Gasteiger partial charge in [0.2, 0.25) is 0 Å². The number of hydrogen-bond donors (Lipinski definition) is 1. The maximum Gasteiger partial charge on any atom is 0.0530 e. The molecule has 0 aliphatic carbocycles. The first-order valence-corrected chi connectivity index (χ1v) is 12.2. The lowest BCUT2D eigenvalue weighted by Crippen LogP contribution is -2.55. The molecule has 0 spiro atoms. The van der Waals surface area contributed by atoms with Crippen molar-refractivity contribution in [3.05, 3.63) is 0 Å². The smallest absolute Gasteiger partial charge is 0.0530 e. The van der Waals surface area contributed by atoms with E-state index in [1.165, 1.54) is 111 Å². The van der Waals surface area contributed by atoms with Crippen LogP contribution in [0.25, 0.3) is 0 Å². The number of likely N-dealkylation sites (tertiary alicyclic amines) is 2. The Morgan fingerprint density at radius 2 is 0.929 bits per heavy atom. The van der Waals surface area contributed by atoms with E-state index in [2.05, 4.69) is 36.7 Å². The first kappa shape index (κ1) is 22.4. The van der Waals surface area contributed by atoms with Gasteiger partial charge in [0, 0.05) is 19.6 Å². The van der Waals surface area contributed by atoms with Crippen molar-refractivity contribution in [2.24, 2.45) is 0 Å². The third-order valence-electron chi connectivity index (χ3n) is 6.57. The van der Waals surface area contributed by atoms with Gasteiger partial charge in [-0.2, -0.15) is 0 Å². The van der Waals surface area contributed by atoms with Crippen LogP contribution in [0.5, 0.6) is 0 Å². The first-order valence-electron chi connectivity index (χ1n) is 12.2. The van der Waals surface area contributed by atoms with Gasteiger partial charge in [-0.3, -0.25) is 14.7 Å². The highest BCUT2D eigenvalue weighted by Crippen LogP contribution is 2.13. The molecule has 3 aliphatic rings. The number of hydrogen-bond acceptors (Lipinski definition) is 6. The Hall–Kier alpha value is -0.240. The van der Waals surface area contributed by atoms with E-state index in [1.54, 1.807) is 0 Å². The zero-order valence-electron chi connectivity index (χ0n) is 18.6. The molecular weight excluding hydrogens is 348 g/mol. The Balaban J connectivity index is 1.38. The second-order valence-electron chi connectivity index (χ2n) is 9.12. The zero-order valence-corrected chi connectivity index (χ0v) is 18.6. The minimum absolute atomic E-state index is 1.09. The van der Waals surface area contributed by atoms with E-state index in [4.69, 9.17) is 0 Å². The lowest BCUT2D eigenvalue weighted by Gasteiger charge is -2.42. The van der Waals surface area contributed by atoms with Crippen LogP contribution in [0.2, 0.25) is 0 Å². The summed E-state index contributed by atoms with van der Waals surface area (Å²) in [5, 5.41) is 3.48. The molecule has 0 radical (unpaired) electrons. The molecule has 3 aliphatic heterocycles. The van der Waals surface area contributed by atoms with Crippen molar-refractivity contribution in [2.45, 2.75) is 51.9 Å². The SMILES string of the molecule is CCNCCCN1CN(CCCN2CCCC2)CN(CCCN2CCCC2)C1. The highest BCUT2D eigenvalue weighted by Gasteiger charge is 2.23. The molecule has 3 rings (SSSR count). The van der Waals surface area contributed by atoms with Crippen LogP contribution in [0, 0.1) is 0 Å². The lowest BCUT2D eigenvalue weighted by atomic mass is 10.3. The first-order chi connectivity index (χ1) is 13.8. The predicted octanol–water partition coefficient (Wildman–Crippen LogP) is 1.75. The van der Waals surface area contributed by atoms with E-state index in [9.17, 15) is 0 Å². The Bertz CT molecular complexity index is 364. The standard InChI is InChI=1S/C22H46N6/c1-2-23-10-7-15-26-20-27(18-8-16-24-11-3-4-12-24)22-28(21-26)19-9-17-25-13-5-6-14-25/h23H,2-22H2,1H3. The molecule has 3 heterocycles. The van der Waals surface area contributed by atoms with Gasteiger partial charge in [-0.05, 0) is 97.3 Å². The number of nitrogens with one attached hydrogen (secondary N) is 1. The Morgan fingerprint density at radius 1 is 0.536 bits per heavy atom. The average molecular weight is 395 g/mol. The maximum atomic E-state index is 3.48. The van der Waals surface area contributed by atoms with Gasteiger partial charge in [0.05, 0.1) is 20.0 Å². The second kappa shape index (κ2) is 13.1. The summed E-state index contributed by atoms with van der Waals surface area (Å²) in [4.78, 5) is 13.4. The van der Waals surface area contributed by atoms with Crippen LogP contribution in [-0.4, -0.2) is 116 Å². The monoisotopic (exact) mass is 394 g/mol. The van der Waals surface area contributed by atoms with Gasteiger partial charge < -0.3 is 15.1 Å². The molecule has 0 atom stereocenters. The summed E-state index contributed by atoms with van der Waals surface area (Å²) in [6.07, 6.45) is 9.56. The molecule has 164 valence electrons. The fraction of sp³-hybridized carbons (Fsp3) is 1.00. The average Bonchev–Trinajstić information content (AvgIpc) is 3.39. The second-order valence-corrected chi connectivity index (χ2v) is 9.12. The molecular formula is C22H46N6. The maximum absolute atomic E-state index is 3.48. The van der Waals surface area contributed by atoms with Crippen LogP contribution in [0.4, 0.5) is 0 Å². The van der Waals surface area contributed by atoms with E-state index >= 15 is 0 Å². The quantitative estimate of drug-likeness (QED) is 0.479. The third kappa shape index (κ3) is 8.25. The lowest BCUT2D eigenvalue weighted by molar-refractivity contribution is -0.0317. The number of nitrogens with zero attached hydrogens (tertiary/aromatic N) is 5. The van der Waals surface area contributed by atoms with Crippen molar-refractivity contribution in [1.29, 1.82) is 0 Å². The molecule has 6 heteroatoms. The summed E-state index contributed by atoms with van der Waals surface area (Å²) in [6.45, 7) is 19.6. The minimum atomic E-state index is 1.09. The molecule has 3 fully saturated rings. The number of rotatable bonds is 13. The van der Waals surface area contributed by atoms with Gasteiger partial charge in [0.25, 0.3) is 0 Å². The van der Waals surface area contributed by atoms with Crippen molar-refractivity contribution in [2.75, 3.05) is 92.0 Å². The van der Waals surface area contributed by atoms with Gasteiger partial charge in [-0.25, -0.2) is 0 Å². The summed E-state index contributed by atoms with van der Waals surface area (Å²) >= 11 is 0. The topological polar surface area (TPSA) is 28.2 Å². The molecule has 1 N–H and O–H groups in total. The predicted molar refractivity (Wildman–Crippen MR) is 118 cm³/mol. The van der Waals surface area contributed by atoms with Gasteiger partial charge in [0.15, 0.2) is 0 Å². The van der Waals surface area contributed by atoms with E-state index in [-0.39, 0.29) is 0 Å². The van der Waals surface area contributed by atoms with Crippen molar-refractivity contribution in [3.63, 3.8) is 0 Å². The van der Waals surface area contributed by atoms with Gasteiger partial charge in [-0.1, -0.05) is 6.92 Å². The van der Waals surface area contributed by atoms with E-state index in [0.29, 0.717) is 0 Å². The Labute approximate surface area is 174 Å². The summed E-state index contributed by atoms with van der Waals surface area (Å²) in [6, 6.07) is 0. The summed E-state index contributed by atoms with van der Waals surface area (Å²) in [5.41, 5.74) is 0. The molecule has 0 unspecified atom stereocenters. The molecule has 0 amide bonds. The molecule has 6 nitrogen and oxygen atoms in total. The summed E-state index contributed by atoms with van der Waals surface area (Å²) < 4.78 is 0. The van der Waals surface area contributed by atoms with Gasteiger partial charge in [0.1, 0.15) is 0 Å². The van der Waals surface area contributed by atoms with Crippen molar-refractivity contribution >= 4 is 0 Å². The van der Waals surface area contributed by atoms with E-state index in [1.807, 2.05) is 0 Å². The largest absolute Gasteiger partial charge is 0.317 e. The van der Waals surface area contributed by atoms with Gasteiger partial charge in [-0.15, -0.1) is 0 Å². The molecule has 0 saturated carbocycles. The highest BCUT2D eigenvalue weighted by atomic mass is 15.5. The summed E-state index contributed by atoms with van der Waals surface area (Å²) in [7, 11) is 0. The molecule has 0 aromatic heterocycles. The van der Waals surface area contributed by atoms with Crippen LogP contribution in [-0.2, 0) is 0 Å². The van der Waals surface area contributed by atoms with Crippen LogP contribution in [0.15, 0.2) is 0 Å². The molecule has 28 heavy (non-hydrogen) atoms. The fourth-order valence-corrected chi connectivity index (χ4v) is 5.06. The fourth-order valence-electron chi connectivity index (χ4n) is 5.06. The normalized spacial score (nSPS) is 23.9. The molecule has 0 bridgehead atoms. The van der Waals surface area contributed by atoms with Gasteiger partial charge >= 0.3 is 0 Å². The molecule has 3 saturated heterocycles. The van der Waals surface area contributed by atoms with E-state index in [0.717, 1.165) is 26.4 Å². The van der Waals surface area contributed by atoms with Crippen molar-refractivity contribution in [1.82, 2.24) is 29.8 Å². The summed E-state index contributed by atoms with van der Waals surface area (Å²) in [5.74, 6) is 0. The van der Waals surface area contributed by atoms with Crippen LogP contribution >= 0.6 is 0 Å². The van der Waals surface area contributed by atoms with E-state index < -0.39 is 0 Å². The van der Waals surface area contributed by atoms with Crippen LogP contribution in [0.1, 0.15) is 51.9 Å². The highest BCUT2D eigenvalue weighted by molar-refractivity contribution is 4.73. The van der Waals surface area contributed by atoms with Crippen LogP contribution < -0.4 is 5.32 Å². The van der Waals surface area contributed by atoms with Crippen LogP contribution in [0.3, 0.4) is 0 Å². The Morgan fingerprint density at radius 3 is 1.36 bits per heavy atom. The zero-order chi connectivity index (χ0) is 19.4.